The van der Waals surface area contributed by atoms with Crippen LogP contribution in [-0.4, -0.2) is 55.1 Å². The van der Waals surface area contributed by atoms with E-state index in [4.69, 9.17) is 10.5 Å². The molecule has 324 valence electrons. The molecule has 6 rings (SSSR count). The third-order valence-electron chi connectivity index (χ3n) is 8.55. The monoisotopic (exact) mass is 858 g/mol. The summed E-state index contributed by atoms with van der Waals surface area (Å²) in [6.45, 7) is 4.08. The highest BCUT2D eigenvalue weighted by Crippen LogP contribution is 2.11. The topological polar surface area (TPSA) is 294 Å². The number of halogens is 2. The maximum atomic E-state index is 12.8. The van der Waals surface area contributed by atoms with Crippen molar-refractivity contribution in [3.05, 3.63) is 184 Å². The number of aromatic hydroxyl groups is 1. The van der Waals surface area contributed by atoms with E-state index in [9.17, 15) is 52.2 Å². The summed E-state index contributed by atoms with van der Waals surface area (Å²) in [4.78, 5) is 97.9. The summed E-state index contributed by atoms with van der Waals surface area (Å²) in [6, 6.07) is 19.9. The normalized spacial score (nSPS) is 11.7. The van der Waals surface area contributed by atoms with Crippen LogP contribution in [0.2, 0.25) is 0 Å². The van der Waals surface area contributed by atoms with Gasteiger partial charge in [-0.1, -0.05) is 61.2 Å². The number of H-pyrrole nitrogens is 2. The Hall–Kier alpha value is -8.56. The van der Waals surface area contributed by atoms with Gasteiger partial charge in [-0.05, 0) is 41.0 Å². The number of urea groups is 1. The van der Waals surface area contributed by atoms with Crippen LogP contribution in [0.15, 0.2) is 122 Å². The number of carbonyl (C=O) groups excluding carboxylic acids is 4. The lowest BCUT2D eigenvalue weighted by Crippen LogP contribution is -2.46. The second-order valence-electron chi connectivity index (χ2n) is 12.9. The molecule has 2 aromatic heterocycles. The maximum absolute atomic E-state index is 12.8. The van der Waals surface area contributed by atoms with Crippen LogP contribution in [0.25, 0.3) is 0 Å². The molecular weight excluding hydrogens is 818 g/mol. The summed E-state index contributed by atoms with van der Waals surface area (Å²) in [5.74, 6) is -3.81. The number of nitrogens with two attached hydrogens (primary N) is 1. The van der Waals surface area contributed by atoms with Gasteiger partial charge in [-0.15, -0.1) is 0 Å². The molecule has 10 N–H and O–H groups in total. The van der Waals surface area contributed by atoms with Crippen LogP contribution in [0, 0.1) is 11.6 Å². The molecule has 3 aromatic carbocycles. The number of aromatic nitrogens is 4. The quantitative estimate of drug-likeness (QED) is 0.0921. The summed E-state index contributed by atoms with van der Waals surface area (Å²) in [6.07, 6.45) is 0. The number of nitrogens with one attached hydrogen (secondary N) is 7. The zero-order valence-corrected chi connectivity index (χ0v) is 33.2. The summed E-state index contributed by atoms with van der Waals surface area (Å²) >= 11 is 0. The first kappa shape index (κ1) is 46.1. The van der Waals surface area contributed by atoms with Crippen molar-refractivity contribution in [2.75, 3.05) is 7.11 Å². The van der Waals surface area contributed by atoms with Crippen molar-refractivity contribution in [3.63, 3.8) is 0 Å². The smallest absolute Gasteiger partial charge is 0.328 e. The van der Waals surface area contributed by atoms with E-state index >= 15 is 0 Å². The Morgan fingerprint density at radius 1 is 0.677 bits per heavy atom. The molecule has 0 radical (unpaired) electrons. The SMILES string of the molecule is C=C1NC(=O)NC(C(=O)NCc2ccccc2)=C1N.COc1c(C(=O)NCc2ccc(F)cc2)[nH]c(=O)n(C)c1=O.Cn1c(=O)[nH]c(C(=O)NCc2ccc(F)cc2)c(O)c1=O. The summed E-state index contributed by atoms with van der Waals surface area (Å²) in [7, 11) is 3.66. The first-order chi connectivity index (χ1) is 29.4. The number of benzene rings is 3. The Bertz CT molecular complexity index is 2760. The fourth-order valence-corrected chi connectivity index (χ4v) is 5.08. The van der Waals surface area contributed by atoms with Crippen molar-refractivity contribution in [1.29, 1.82) is 0 Å². The highest BCUT2D eigenvalue weighted by Gasteiger charge is 2.24. The Kier molecular flexibility index (Phi) is 15.6. The predicted molar refractivity (Wildman–Crippen MR) is 218 cm³/mol. The van der Waals surface area contributed by atoms with Crippen LogP contribution >= 0.6 is 0 Å². The molecular formula is C40H40F2N10O10. The molecule has 0 saturated carbocycles. The van der Waals surface area contributed by atoms with Gasteiger partial charge in [-0.25, -0.2) is 23.2 Å². The van der Waals surface area contributed by atoms with Crippen LogP contribution in [0.5, 0.6) is 11.5 Å². The highest BCUT2D eigenvalue weighted by atomic mass is 19.1. The van der Waals surface area contributed by atoms with Gasteiger partial charge in [0, 0.05) is 33.7 Å². The number of carbonyl (C=O) groups is 4. The van der Waals surface area contributed by atoms with Crippen molar-refractivity contribution in [1.82, 2.24) is 45.7 Å². The van der Waals surface area contributed by atoms with Crippen LogP contribution in [0.4, 0.5) is 13.6 Å². The van der Waals surface area contributed by atoms with E-state index in [-0.39, 0.29) is 47.4 Å². The average molecular weight is 859 g/mol. The molecule has 3 heterocycles. The molecule has 0 atom stereocenters. The van der Waals surface area contributed by atoms with Crippen molar-refractivity contribution in [2.45, 2.75) is 19.6 Å². The van der Waals surface area contributed by atoms with E-state index in [0.717, 1.165) is 10.1 Å². The molecule has 0 bridgehead atoms. The maximum Gasteiger partial charge on any atom is 0.328 e. The van der Waals surface area contributed by atoms with Crippen molar-refractivity contribution in [3.8, 4) is 11.5 Å². The zero-order valence-electron chi connectivity index (χ0n) is 33.2. The second kappa shape index (κ2) is 20.9. The van der Waals surface area contributed by atoms with Gasteiger partial charge < -0.3 is 42.2 Å². The van der Waals surface area contributed by atoms with E-state index in [2.05, 4.69) is 43.1 Å². The van der Waals surface area contributed by atoms with E-state index < -0.39 is 63.5 Å². The minimum absolute atomic E-state index is 0.0182. The minimum Gasteiger partial charge on any atom is -0.501 e. The van der Waals surface area contributed by atoms with E-state index in [1.54, 1.807) is 0 Å². The molecule has 20 nitrogen and oxygen atoms in total. The van der Waals surface area contributed by atoms with Gasteiger partial charge in [-0.3, -0.25) is 43.1 Å². The van der Waals surface area contributed by atoms with Crippen molar-refractivity contribution < 1.29 is 37.8 Å². The number of methoxy groups -OCH3 is 1. The zero-order chi connectivity index (χ0) is 45.7. The highest BCUT2D eigenvalue weighted by molar-refractivity contribution is 6.00. The first-order valence-electron chi connectivity index (χ1n) is 18.0. The predicted octanol–water partition coefficient (Wildman–Crippen LogP) is 0.299. The third-order valence-corrected chi connectivity index (χ3v) is 8.55. The van der Waals surface area contributed by atoms with Gasteiger partial charge in [0.1, 0.15) is 17.3 Å². The molecule has 5 amide bonds. The van der Waals surface area contributed by atoms with E-state index in [1.165, 1.54) is 69.7 Å². The Labute approximate surface area is 348 Å². The molecule has 62 heavy (non-hydrogen) atoms. The van der Waals surface area contributed by atoms with Crippen LogP contribution in [0.1, 0.15) is 37.7 Å². The van der Waals surface area contributed by atoms with E-state index in [0.29, 0.717) is 22.2 Å². The van der Waals surface area contributed by atoms with Gasteiger partial charge in [0.15, 0.2) is 11.4 Å². The number of amides is 5. The number of ether oxygens (including phenoxy) is 1. The van der Waals surface area contributed by atoms with Gasteiger partial charge in [0.05, 0.1) is 18.5 Å². The lowest BCUT2D eigenvalue weighted by Gasteiger charge is -2.20. The van der Waals surface area contributed by atoms with Crippen LogP contribution < -0.4 is 59.6 Å². The molecule has 5 aromatic rings. The van der Waals surface area contributed by atoms with E-state index in [1.807, 2.05) is 30.3 Å². The number of aromatic amines is 2. The number of hydrogen-bond donors (Lipinski definition) is 9. The van der Waals surface area contributed by atoms with Gasteiger partial charge >= 0.3 is 17.4 Å². The number of hydrogen-bond acceptors (Lipinski definition) is 11. The minimum atomic E-state index is -0.967. The Morgan fingerprint density at radius 3 is 1.61 bits per heavy atom. The Morgan fingerprint density at radius 2 is 1.11 bits per heavy atom. The average Bonchev–Trinajstić information content (AvgIpc) is 3.26. The van der Waals surface area contributed by atoms with Gasteiger partial charge in [0.25, 0.3) is 28.8 Å². The molecule has 0 saturated heterocycles. The number of nitrogens with zero attached hydrogens (tertiary/aromatic N) is 2. The molecule has 0 unspecified atom stereocenters. The molecule has 0 aliphatic carbocycles. The molecule has 22 heteroatoms. The van der Waals surface area contributed by atoms with Crippen LogP contribution in [-0.2, 0) is 38.5 Å². The number of rotatable bonds is 10. The fourth-order valence-electron chi connectivity index (χ4n) is 5.08. The summed E-state index contributed by atoms with van der Waals surface area (Å²) in [5.41, 5.74) is 4.32. The van der Waals surface area contributed by atoms with Gasteiger partial charge in [0.2, 0.25) is 11.5 Å². The first-order valence-corrected chi connectivity index (χ1v) is 18.0. The summed E-state index contributed by atoms with van der Waals surface area (Å²) in [5, 5.41) is 22.0. The molecule has 0 spiro atoms. The molecule has 1 aliphatic rings. The van der Waals surface area contributed by atoms with Gasteiger partial charge in [-0.2, -0.15) is 0 Å². The second-order valence-corrected chi connectivity index (χ2v) is 12.9. The van der Waals surface area contributed by atoms with Crippen molar-refractivity contribution >= 4 is 23.8 Å². The molecule has 0 fully saturated rings. The summed E-state index contributed by atoms with van der Waals surface area (Å²) < 4.78 is 31.9. The largest absolute Gasteiger partial charge is 0.501 e. The lowest BCUT2D eigenvalue weighted by atomic mass is 10.2. The lowest BCUT2D eigenvalue weighted by molar-refractivity contribution is -0.118. The van der Waals surface area contributed by atoms with Crippen LogP contribution in [0.3, 0.4) is 0 Å². The van der Waals surface area contributed by atoms with Crippen molar-refractivity contribution in [2.24, 2.45) is 19.8 Å². The standard InChI is InChI=1S/C14H14FN3O4.C13H12FN3O4.C13H14N4O2/c1-18-13(20)11(22-2)10(17-14(18)21)12(19)16-7-8-3-5-9(15)6-4-8;1-17-12(20)10(18)9(16-13(17)21)11(19)15-6-7-2-4-8(14)5-3-7;1-8-10(14)11(17-13(19)16-8)12(18)15-7-9-5-3-2-4-6-9/h3-6H,7H2,1-2H3,(H,16,19)(H,17,21);2-5,18H,6H2,1H3,(H,15,19)(H,16,21);2-6H,1,7,14H2,(H,15,18)(H2,16,17,19). The fraction of sp³-hybridized carbons (Fsp3) is 0.150. The molecule has 1 aliphatic heterocycles. The third kappa shape index (κ3) is 12.0. The Balaban J connectivity index is 0.000000205.